The normalized spacial score (nSPS) is 27.0. The van der Waals surface area contributed by atoms with Gasteiger partial charge in [0.15, 0.2) is 11.9 Å². The van der Waals surface area contributed by atoms with Crippen LogP contribution in [0.1, 0.15) is 60.8 Å². The molecule has 1 rings (SSSR count). The summed E-state index contributed by atoms with van der Waals surface area (Å²) in [5.41, 5.74) is 0.344. The van der Waals surface area contributed by atoms with Gasteiger partial charge >= 0.3 is 5.97 Å². The maximum atomic E-state index is 12.5. The highest BCUT2D eigenvalue weighted by atomic mass is 16.6. The number of hydrogen-bond donors (Lipinski definition) is 2. The van der Waals surface area contributed by atoms with Crippen molar-refractivity contribution in [3.05, 3.63) is 59.3 Å². The maximum Gasteiger partial charge on any atom is 0.331 e. The van der Waals surface area contributed by atoms with Gasteiger partial charge in [-0.2, -0.15) is 0 Å². The van der Waals surface area contributed by atoms with Crippen molar-refractivity contribution in [3.8, 4) is 0 Å². The predicted octanol–water partition coefficient (Wildman–Crippen LogP) is 4.37. The van der Waals surface area contributed by atoms with E-state index in [1.165, 1.54) is 30.7 Å². The lowest BCUT2D eigenvalue weighted by Crippen LogP contribution is -2.39. The summed E-state index contributed by atoms with van der Waals surface area (Å²) < 4.78 is 5.52. The first-order chi connectivity index (χ1) is 13.9. The highest BCUT2D eigenvalue weighted by molar-refractivity contribution is 6.04. The van der Waals surface area contributed by atoms with Gasteiger partial charge in [0.25, 0.3) is 0 Å². The van der Waals surface area contributed by atoms with Crippen molar-refractivity contribution in [2.45, 2.75) is 72.5 Å². The highest BCUT2D eigenvalue weighted by Crippen LogP contribution is 2.33. The van der Waals surface area contributed by atoms with Crippen LogP contribution in [0.4, 0.5) is 0 Å². The number of ketones is 1. The van der Waals surface area contributed by atoms with Gasteiger partial charge < -0.3 is 14.9 Å². The minimum Gasteiger partial charge on any atom is -0.452 e. The molecule has 0 amide bonds. The lowest BCUT2D eigenvalue weighted by molar-refractivity contribution is -0.148. The average molecular weight is 417 g/mol. The number of aliphatic hydroxyl groups excluding tert-OH is 1. The Hall–Kier alpha value is -2.24. The molecule has 0 fully saturated rings. The molecule has 0 aromatic carbocycles. The molecule has 30 heavy (non-hydrogen) atoms. The largest absolute Gasteiger partial charge is 0.452 e. The summed E-state index contributed by atoms with van der Waals surface area (Å²) in [5, 5.41) is 20.6. The molecule has 0 aliphatic heterocycles. The summed E-state index contributed by atoms with van der Waals surface area (Å²) in [6.07, 6.45) is 12.7. The molecule has 2 N–H and O–H groups in total. The van der Waals surface area contributed by atoms with E-state index in [-0.39, 0.29) is 23.4 Å². The lowest BCUT2D eigenvalue weighted by Gasteiger charge is -2.29. The molecule has 0 heterocycles. The summed E-state index contributed by atoms with van der Waals surface area (Å²) in [6.45, 7) is 10.8. The van der Waals surface area contributed by atoms with E-state index in [4.69, 9.17) is 4.74 Å². The standard InChI is InChI=1S/C25H36O5/c1-18(2)8-7-12-24(5)13-9-20(17-26)21(27)10-15-25(6,29)22(11-14-24)30-23(28)16-19(3)4/h8-11,14-16,22,26,29H,7,12-13,17H2,1-6H3/t22-,24+,25-/m1/s1. The van der Waals surface area contributed by atoms with E-state index in [0.717, 1.165) is 18.4 Å². The van der Waals surface area contributed by atoms with E-state index >= 15 is 0 Å². The molecule has 1 aliphatic carbocycles. The molecule has 166 valence electrons. The van der Waals surface area contributed by atoms with Crippen LogP contribution in [-0.2, 0) is 14.3 Å². The quantitative estimate of drug-likeness (QED) is 0.382. The molecular formula is C25H36O5. The number of rotatable bonds is 6. The fourth-order valence-electron chi connectivity index (χ4n) is 3.06. The fraction of sp³-hybridized carbons (Fsp3) is 0.520. The van der Waals surface area contributed by atoms with Crippen LogP contribution in [0.25, 0.3) is 0 Å². The number of carbonyl (C=O) groups excluding carboxylic acids is 2. The van der Waals surface area contributed by atoms with Crippen LogP contribution in [0.5, 0.6) is 0 Å². The third-order valence-corrected chi connectivity index (χ3v) is 5.04. The van der Waals surface area contributed by atoms with Crippen LogP contribution in [0.3, 0.4) is 0 Å². The second-order valence-electron chi connectivity index (χ2n) is 8.93. The Morgan fingerprint density at radius 2 is 1.87 bits per heavy atom. The van der Waals surface area contributed by atoms with Gasteiger partial charge in [0.2, 0.25) is 0 Å². The third kappa shape index (κ3) is 8.64. The van der Waals surface area contributed by atoms with Crippen molar-refractivity contribution >= 4 is 11.8 Å². The van der Waals surface area contributed by atoms with Gasteiger partial charge in [-0.25, -0.2) is 4.79 Å². The van der Waals surface area contributed by atoms with Crippen LogP contribution in [0, 0.1) is 5.41 Å². The zero-order valence-electron chi connectivity index (χ0n) is 19.1. The smallest absolute Gasteiger partial charge is 0.331 e. The Morgan fingerprint density at radius 3 is 2.43 bits per heavy atom. The molecule has 5 nitrogen and oxygen atoms in total. The zero-order chi connectivity index (χ0) is 22.9. The van der Waals surface area contributed by atoms with E-state index in [9.17, 15) is 19.8 Å². The molecule has 0 aromatic rings. The number of aliphatic hydroxyl groups is 2. The van der Waals surface area contributed by atoms with Gasteiger partial charge in [-0.05, 0) is 77.5 Å². The van der Waals surface area contributed by atoms with Crippen LogP contribution < -0.4 is 0 Å². The second kappa shape index (κ2) is 11.2. The van der Waals surface area contributed by atoms with Crippen LogP contribution in [-0.4, -0.2) is 40.3 Å². The summed E-state index contributed by atoms with van der Waals surface area (Å²) in [5.74, 6) is -0.930. The Bertz CT molecular complexity index is 771. The molecule has 0 radical (unpaired) electrons. The first-order valence-electron chi connectivity index (χ1n) is 10.3. The summed E-state index contributed by atoms with van der Waals surface area (Å²) in [4.78, 5) is 24.7. The molecule has 0 bridgehead atoms. The molecule has 0 spiro atoms. The van der Waals surface area contributed by atoms with E-state index in [1.54, 1.807) is 26.0 Å². The monoisotopic (exact) mass is 416 g/mol. The molecule has 0 unspecified atom stereocenters. The number of hydrogen-bond acceptors (Lipinski definition) is 5. The molecule has 0 saturated carbocycles. The molecular weight excluding hydrogens is 380 g/mol. The Labute approximate surface area is 180 Å². The number of esters is 1. The summed E-state index contributed by atoms with van der Waals surface area (Å²) in [7, 11) is 0. The van der Waals surface area contributed by atoms with Gasteiger partial charge in [-0.3, -0.25) is 4.79 Å². The molecule has 0 saturated heterocycles. The van der Waals surface area contributed by atoms with Gasteiger partial charge in [-0.15, -0.1) is 0 Å². The molecule has 5 heteroatoms. The molecule has 3 atom stereocenters. The van der Waals surface area contributed by atoms with Crippen molar-refractivity contribution in [2.24, 2.45) is 5.41 Å². The second-order valence-corrected chi connectivity index (χ2v) is 8.93. The van der Waals surface area contributed by atoms with Gasteiger partial charge in [0.1, 0.15) is 5.60 Å². The topological polar surface area (TPSA) is 83.8 Å². The Balaban J connectivity index is 3.38. The predicted molar refractivity (Wildman–Crippen MR) is 120 cm³/mol. The minimum atomic E-state index is -1.59. The van der Waals surface area contributed by atoms with E-state index in [0.29, 0.717) is 6.42 Å². The van der Waals surface area contributed by atoms with E-state index in [1.807, 2.05) is 26.8 Å². The lowest BCUT2D eigenvalue weighted by atomic mass is 9.80. The fourth-order valence-corrected chi connectivity index (χ4v) is 3.06. The van der Waals surface area contributed by atoms with Crippen LogP contribution >= 0.6 is 0 Å². The Morgan fingerprint density at radius 1 is 1.20 bits per heavy atom. The first kappa shape index (κ1) is 25.8. The van der Waals surface area contributed by atoms with E-state index in [2.05, 4.69) is 6.08 Å². The van der Waals surface area contributed by atoms with Crippen molar-refractivity contribution in [2.75, 3.05) is 6.61 Å². The first-order valence-corrected chi connectivity index (χ1v) is 10.3. The number of allylic oxidation sites excluding steroid dienone is 6. The molecule has 0 aromatic heterocycles. The van der Waals surface area contributed by atoms with Crippen molar-refractivity contribution in [3.63, 3.8) is 0 Å². The van der Waals surface area contributed by atoms with E-state index < -0.39 is 17.7 Å². The number of carbonyl (C=O) groups is 2. The van der Waals surface area contributed by atoms with Crippen molar-refractivity contribution < 1.29 is 24.5 Å². The van der Waals surface area contributed by atoms with Crippen molar-refractivity contribution in [1.82, 2.24) is 0 Å². The summed E-state index contributed by atoms with van der Waals surface area (Å²) in [6, 6.07) is 0. The zero-order valence-corrected chi connectivity index (χ0v) is 19.1. The third-order valence-electron chi connectivity index (χ3n) is 5.04. The van der Waals surface area contributed by atoms with Crippen LogP contribution in [0.15, 0.2) is 59.3 Å². The average Bonchev–Trinajstić information content (AvgIpc) is 2.63. The van der Waals surface area contributed by atoms with Crippen molar-refractivity contribution in [1.29, 1.82) is 0 Å². The van der Waals surface area contributed by atoms with Gasteiger partial charge in [0.05, 0.1) is 6.61 Å². The Kier molecular flexibility index (Phi) is 9.66. The molecule has 1 aliphatic rings. The minimum absolute atomic E-state index is 0.281. The summed E-state index contributed by atoms with van der Waals surface area (Å²) >= 11 is 0. The van der Waals surface area contributed by atoms with Crippen LogP contribution in [0.2, 0.25) is 0 Å². The number of ether oxygens (including phenoxy) is 1. The van der Waals surface area contributed by atoms with Gasteiger partial charge in [-0.1, -0.05) is 36.3 Å². The highest BCUT2D eigenvalue weighted by Gasteiger charge is 2.32. The maximum absolute atomic E-state index is 12.5. The SMILES string of the molecule is CC(C)=CCC[C@]1(C)C=C[C@@H](OC(=O)C=C(C)C)[C@](C)(O)C=CC(=O)C(CO)=CC1. The van der Waals surface area contributed by atoms with Gasteiger partial charge in [0, 0.05) is 11.6 Å².